The summed E-state index contributed by atoms with van der Waals surface area (Å²) in [4.78, 5) is 13.5. The number of halogens is 4. The maximum absolute atomic E-state index is 14.0. The molecule has 9 heteroatoms. The number of rotatable bonds is 4. The average Bonchev–Trinajstić information content (AvgIpc) is 3.32. The van der Waals surface area contributed by atoms with Crippen LogP contribution in [0.25, 0.3) is 0 Å². The van der Waals surface area contributed by atoms with Crippen molar-refractivity contribution in [2.24, 2.45) is 23.2 Å². The molecule has 3 saturated carbocycles. The Morgan fingerprint density at radius 3 is 2.67 bits per heavy atom. The Bertz CT molecular complexity index is 1140. The molecule has 1 aromatic heterocycles. The molecular formula is C27H32ClF3N4O. The molecule has 1 amide bonds. The summed E-state index contributed by atoms with van der Waals surface area (Å²) in [5.74, 6) is 1.99. The van der Waals surface area contributed by atoms with Crippen molar-refractivity contribution in [3.8, 4) is 0 Å². The molecule has 3 bridgehead atoms. The molecule has 0 radical (unpaired) electrons. The molecular weight excluding hydrogens is 489 g/mol. The van der Waals surface area contributed by atoms with Gasteiger partial charge in [0.2, 0.25) is 0 Å². The fourth-order valence-electron chi connectivity index (χ4n) is 7.82. The van der Waals surface area contributed by atoms with Crippen LogP contribution in [0, 0.1) is 23.2 Å². The van der Waals surface area contributed by atoms with Crippen molar-refractivity contribution in [3.63, 3.8) is 0 Å². The van der Waals surface area contributed by atoms with E-state index in [4.69, 9.17) is 11.6 Å². The van der Waals surface area contributed by atoms with Crippen molar-refractivity contribution in [1.29, 1.82) is 0 Å². The van der Waals surface area contributed by atoms with Crippen molar-refractivity contribution in [2.45, 2.75) is 82.6 Å². The fourth-order valence-corrected chi connectivity index (χ4v) is 7.94. The molecule has 4 aliphatic rings. The predicted octanol–water partition coefficient (Wildman–Crippen LogP) is 6.92. The normalized spacial score (nSPS) is 34.0. The third-order valence-electron chi connectivity index (χ3n) is 9.54. The molecule has 36 heavy (non-hydrogen) atoms. The quantitative estimate of drug-likeness (QED) is 0.460. The lowest BCUT2D eigenvalue weighted by Gasteiger charge is -2.42. The van der Waals surface area contributed by atoms with E-state index in [1.54, 1.807) is 24.3 Å². The summed E-state index contributed by atoms with van der Waals surface area (Å²) >= 11 is 5.98. The van der Waals surface area contributed by atoms with E-state index in [1.807, 2.05) is 0 Å². The first kappa shape index (κ1) is 24.1. The molecule has 1 aliphatic heterocycles. The smallest absolute Gasteiger partial charge is 0.363 e. The summed E-state index contributed by atoms with van der Waals surface area (Å²) in [6.07, 6.45) is 5.19. The molecule has 0 saturated heterocycles. The number of alkyl halides is 3. The maximum atomic E-state index is 14.0. The highest BCUT2D eigenvalue weighted by Crippen LogP contribution is 2.61. The standard InChI is InChI=1S/C27H32ClF3N4O/c1-15(26-11-16-3-2-4-18(12-26)19(9-16)13-26)33-25(36)21-14-32-35-23(27(29,30)31)10-22(34-24(21)35)17-5-7-20(28)8-6-17/h5-8,14-16,18-19,22-23,34H,2-4,9-13H2,1H3,(H,33,36). The number of fused-ring (bicyclic) bond motifs is 3. The third kappa shape index (κ3) is 4.09. The maximum Gasteiger partial charge on any atom is 0.410 e. The third-order valence-corrected chi connectivity index (χ3v) is 9.80. The van der Waals surface area contributed by atoms with Crippen LogP contribution in [0.3, 0.4) is 0 Å². The number of anilines is 1. The van der Waals surface area contributed by atoms with Gasteiger partial charge in [-0.25, -0.2) is 4.68 Å². The molecule has 2 heterocycles. The van der Waals surface area contributed by atoms with Gasteiger partial charge in [0.15, 0.2) is 6.04 Å². The first-order valence-electron chi connectivity index (χ1n) is 13.1. The van der Waals surface area contributed by atoms with Gasteiger partial charge in [-0.3, -0.25) is 4.79 Å². The number of aromatic nitrogens is 2. The molecule has 7 unspecified atom stereocenters. The number of hydrogen-bond donors (Lipinski definition) is 2. The van der Waals surface area contributed by atoms with Crippen molar-refractivity contribution < 1.29 is 18.0 Å². The van der Waals surface area contributed by atoms with Gasteiger partial charge >= 0.3 is 6.18 Å². The van der Waals surface area contributed by atoms with Crippen molar-refractivity contribution in [2.75, 3.05) is 5.32 Å². The minimum Gasteiger partial charge on any atom is -0.363 e. The van der Waals surface area contributed by atoms with E-state index in [9.17, 15) is 18.0 Å². The summed E-state index contributed by atoms with van der Waals surface area (Å²) in [7, 11) is 0. The number of nitrogens with zero attached hydrogens (tertiary/aromatic N) is 2. The van der Waals surface area contributed by atoms with E-state index < -0.39 is 18.3 Å². The summed E-state index contributed by atoms with van der Waals surface area (Å²) < 4.78 is 43.0. The monoisotopic (exact) mass is 520 g/mol. The lowest BCUT2D eigenvalue weighted by Crippen LogP contribution is -2.47. The summed E-state index contributed by atoms with van der Waals surface area (Å²) in [5.41, 5.74) is 0.942. The van der Waals surface area contributed by atoms with Crippen LogP contribution < -0.4 is 10.6 Å². The average molecular weight is 521 g/mol. The van der Waals surface area contributed by atoms with E-state index in [1.165, 1.54) is 31.9 Å². The predicted molar refractivity (Wildman–Crippen MR) is 132 cm³/mol. The van der Waals surface area contributed by atoms with Gasteiger partial charge in [-0.2, -0.15) is 18.3 Å². The number of carbonyl (C=O) groups is 1. The van der Waals surface area contributed by atoms with Gasteiger partial charge in [-0.05, 0) is 73.5 Å². The van der Waals surface area contributed by atoms with Crippen molar-refractivity contribution in [3.05, 3.63) is 46.6 Å². The number of nitrogens with one attached hydrogen (secondary N) is 2. The lowest BCUT2D eigenvalue weighted by molar-refractivity contribution is -0.173. The minimum absolute atomic E-state index is 0.0389. The zero-order valence-corrected chi connectivity index (χ0v) is 21.1. The van der Waals surface area contributed by atoms with Gasteiger partial charge in [-0.15, -0.1) is 0 Å². The molecule has 3 fully saturated rings. The molecule has 7 atom stereocenters. The van der Waals surface area contributed by atoms with Gasteiger partial charge in [0.1, 0.15) is 11.4 Å². The first-order valence-corrected chi connectivity index (χ1v) is 13.5. The lowest BCUT2D eigenvalue weighted by atomic mass is 9.66. The molecule has 6 rings (SSSR count). The number of hydrogen-bond acceptors (Lipinski definition) is 3. The SMILES string of the molecule is CC(NC(=O)c1cnn2c1NC(c1ccc(Cl)cc1)CC2C(F)(F)F)C12CC3CCCC(C1)C(C3)C2. The van der Waals surface area contributed by atoms with E-state index in [-0.39, 0.29) is 35.2 Å². The topological polar surface area (TPSA) is 59.0 Å². The van der Waals surface area contributed by atoms with Crippen LogP contribution in [0.5, 0.6) is 0 Å². The van der Waals surface area contributed by atoms with E-state index in [0.29, 0.717) is 10.6 Å². The van der Waals surface area contributed by atoms with Crippen LogP contribution in [0.15, 0.2) is 30.5 Å². The molecule has 1 aromatic carbocycles. The highest BCUT2D eigenvalue weighted by Gasteiger charge is 2.54. The number of carbonyl (C=O) groups excluding carboxylic acids is 1. The van der Waals surface area contributed by atoms with E-state index >= 15 is 0 Å². The summed E-state index contributed by atoms with van der Waals surface area (Å²) in [6.45, 7) is 2.08. The van der Waals surface area contributed by atoms with Crippen LogP contribution in [-0.4, -0.2) is 27.9 Å². The van der Waals surface area contributed by atoms with Crippen LogP contribution in [-0.2, 0) is 0 Å². The second-order valence-electron chi connectivity index (χ2n) is 11.6. The van der Waals surface area contributed by atoms with Crippen LogP contribution in [0.2, 0.25) is 5.02 Å². The highest BCUT2D eigenvalue weighted by atomic mass is 35.5. The van der Waals surface area contributed by atoms with Gasteiger partial charge in [0.05, 0.1) is 12.2 Å². The largest absolute Gasteiger partial charge is 0.410 e. The van der Waals surface area contributed by atoms with E-state index in [0.717, 1.165) is 41.7 Å². The molecule has 3 aliphatic carbocycles. The van der Waals surface area contributed by atoms with Crippen LogP contribution in [0.4, 0.5) is 19.0 Å². The van der Waals surface area contributed by atoms with E-state index in [2.05, 4.69) is 22.7 Å². The second kappa shape index (κ2) is 8.67. The van der Waals surface area contributed by atoms with Gasteiger partial charge in [0, 0.05) is 17.5 Å². The second-order valence-corrected chi connectivity index (χ2v) is 12.1. The fraction of sp³-hybridized carbons (Fsp3) is 0.630. The summed E-state index contributed by atoms with van der Waals surface area (Å²) in [5, 5.41) is 10.9. The molecule has 2 N–H and O–H groups in total. The van der Waals surface area contributed by atoms with Gasteiger partial charge in [-0.1, -0.05) is 43.0 Å². The Hall–Kier alpha value is -2.22. The van der Waals surface area contributed by atoms with Crippen LogP contribution >= 0.6 is 11.6 Å². The number of amides is 1. The number of benzene rings is 1. The van der Waals surface area contributed by atoms with Crippen LogP contribution in [0.1, 0.15) is 86.3 Å². The Morgan fingerprint density at radius 1 is 1.17 bits per heavy atom. The zero-order valence-electron chi connectivity index (χ0n) is 20.3. The molecule has 2 aromatic rings. The van der Waals surface area contributed by atoms with Crippen molar-refractivity contribution >= 4 is 23.3 Å². The first-order chi connectivity index (χ1) is 17.1. The minimum atomic E-state index is -4.49. The Kier molecular flexibility index (Phi) is 5.82. The summed E-state index contributed by atoms with van der Waals surface area (Å²) in [6, 6.07) is 4.29. The Labute approximate surface area is 214 Å². The highest BCUT2D eigenvalue weighted by molar-refractivity contribution is 6.30. The Balaban J connectivity index is 1.26. The molecule has 5 nitrogen and oxygen atoms in total. The zero-order chi connectivity index (χ0) is 25.2. The molecule has 194 valence electrons. The molecule has 0 spiro atoms. The van der Waals surface area contributed by atoms with Crippen molar-refractivity contribution in [1.82, 2.24) is 15.1 Å². The Morgan fingerprint density at radius 2 is 1.92 bits per heavy atom. The van der Waals surface area contributed by atoms with Gasteiger partial charge < -0.3 is 10.6 Å². The van der Waals surface area contributed by atoms with Gasteiger partial charge in [0.25, 0.3) is 5.91 Å².